The second kappa shape index (κ2) is 61.5. The molecule has 0 radical (unpaired) electrons. The number of phosphoric acid groups is 1. The minimum Gasteiger partial charge on any atom is -0.462 e. The van der Waals surface area contributed by atoms with E-state index in [1.54, 1.807) is 0 Å². The minimum atomic E-state index is -4.77. The summed E-state index contributed by atoms with van der Waals surface area (Å²) in [6.07, 6.45) is 73.5. The van der Waals surface area contributed by atoms with Crippen molar-refractivity contribution < 1.29 is 52.2 Å². The van der Waals surface area contributed by atoms with Gasteiger partial charge in [-0.15, -0.1) is 0 Å². The minimum absolute atomic E-state index is 0.148. The third-order valence-electron chi connectivity index (χ3n) is 13.5. The van der Waals surface area contributed by atoms with Crippen molar-refractivity contribution in [3.8, 4) is 0 Å². The molecule has 0 aromatic heterocycles. The highest BCUT2D eigenvalue weighted by Gasteiger charge is 2.28. The van der Waals surface area contributed by atoms with Crippen LogP contribution in [0.4, 0.5) is 0 Å². The molecule has 0 aliphatic heterocycles. The summed E-state index contributed by atoms with van der Waals surface area (Å²) in [4.78, 5) is 48.8. The molecule has 11 nitrogen and oxygen atoms in total. The van der Waals surface area contributed by atoms with Gasteiger partial charge in [0.15, 0.2) is 6.10 Å². The topological polar surface area (TPSA) is 155 Å². The Morgan fingerprint density at radius 2 is 0.650 bits per heavy atom. The molecular formula is C68H117O11P. The largest absolute Gasteiger partial charge is 0.472 e. The summed E-state index contributed by atoms with van der Waals surface area (Å²) >= 11 is 0. The SMILES string of the molecule is CC/C=C\C/C=C\C/C=C\C/C=C\CCCCCCCCC(=O)OC(CO)COP(=O)(O)OCC(COC(=O)CCCCCCCCCCCCCCCCC)OC(=O)CCCCCCCC/C=C\C/C=C\C/C=C\C/C=C\CC. The number of aliphatic hydroxyl groups excluding tert-OH is 1. The Kier molecular flexibility index (Phi) is 58.7. The van der Waals surface area contributed by atoms with E-state index < -0.39 is 57.8 Å². The maximum Gasteiger partial charge on any atom is 0.472 e. The van der Waals surface area contributed by atoms with Gasteiger partial charge in [0.25, 0.3) is 0 Å². The highest BCUT2D eigenvalue weighted by Crippen LogP contribution is 2.43. The Bertz CT molecular complexity index is 1710. The quantitative estimate of drug-likeness (QED) is 0.0197. The summed E-state index contributed by atoms with van der Waals surface area (Å²) in [5.41, 5.74) is 0. The summed E-state index contributed by atoms with van der Waals surface area (Å²) in [5, 5.41) is 9.86. The van der Waals surface area contributed by atoms with Crippen LogP contribution in [0.3, 0.4) is 0 Å². The molecule has 0 rings (SSSR count). The zero-order valence-corrected chi connectivity index (χ0v) is 51.9. The molecule has 0 saturated carbocycles. The molecule has 0 aliphatic carbocycles. The van der Waals surface area contributed by atoms with Gasteiger partial charge in [0.1, 0.15) is 12.7 Å². The molecule has 80 heavy (non-hydrogen) atoms. The predicted octanol–water partition coefficient (Wildman–Crippen LogP) is 19.6. The average Bonchev–Trinajstić information content (AvgIpc) is 3.45. The lowest BCUT2D eigenvalue weighted by atomic mass is 10.0. The number of rotatable bonds is 59. The normalized spacial score (nSPS) is 13.9. The van der Waals surface area contributed by atoms with E-state index in [1.807, 2.05) is 0 Å². The molecule has 460 valence electrons. The summed E-state index contributed by atoms with van der Waals surface area (Å²) in [6, 6.07) is 0. The lowest BCUT2D eigenvalue weighted by molar-refractivity contribution is -0.161. The van der Waals surface area contributed by atoms with E-state index in [0.29, 0.717) is 19.3 Å². The van der Waals surface area contributed by atoms with Gasteiger partial charge in [-0.2, -0.15) is 0 Å². The monoisotopic (exact) mass is 1140 g/mol. The Labute approximate surface area is 489 Å². The van der Waals surface area contributed by atoms with Crippen LogP contribution in [0.15, 0.2) is 97.2 Å². The molecule has 3 atom stereocenters. The van der Waals surface area contributed by atoms with Gasteiger partial charge in [-0.1, -0.05) is 259 Å². The number of allylic oxidation sites excluding steroid dienone is 16. The van der Waals surface area contributed by atoms with E-state index in [1.165, 1.54) is 70.6 Å². The Balaban J connectivity index is 4.72. The lowest BCUT2D eigenvalue weighted by Gasteiger charge is -2.21. The fourth-order valence-corrected chi connectivity index (χ4v) is 9.48. The lowest BCUT2D eigenvalue weighted by Crippen LogP contribution is -2.30. The van der Waals surface area contributed by atoms with Crippen molar-refractivity contribution in [1.29, 1.82) is 0 Å². The highest BCUT2D eigenvalue weighted by molar-refractivity contribution is 7.47. The zero-order chi connectivity index (χ0) is 58.3. The number of esters is 3. The van der Waals surface area contributed by atoms with Gasteiger partial charge < -0.3 is 24.2 Å². The van der Waals surface area contributed by atoms with Crippen LogP contribution in [-0.4, -0.2) is 66.5 Å². The number of carbonyl (C=O) groups excluding carboxylic acids is 3. The number of ether oxygens (including phenoxy) is 3. The third-order valence-corrected chi connectivity index (χ3v) is 14.5. The first-order valence-electron chi connectivity index (χ1n) is 32.1. The van der Waals surface area contributed by atoms with Crippen LogP contribution in [0.5, 0.6) is 0 Å². The molecule has 2 N–H and O–H groups in total. The summed E-state index contributed by atoms with van der Waals surface area (Å²) in [5.74, 6) is -1.49. The van der Waals surface area contributed by atoms with E-state index in [2.05, 4.69) is 118 Å². The molecule has 0 fully saturated rings. The molecule has 0 aromatic carbocycles. The Hall–Kier alpha value is -3.60. The van der Waals surface area contributed by atoms with Crippen molar-refractivity contribution in [1.82, 2.24) is 0 Å². The molecule has 12 heteroatoms. The van der Waals surface area contributed by atoms with Crippen molar-refractivity contribution in [2.24, 2.45) is 0 Å². The number of hydrogen-bond donors (Lipinski definition) is 2. The van der Waals surface area contributed by atoms with Gasteiger partial charge in [-0.3, -0.25) is 23.4 Å². The Morgan fingerprint density at radius 3 is 1.00 bits per heavy atom. The fourth-order valence-electron chi connectivity index (χ4n) is 8.69. The first-order valence-corrected chi connectivity index (χ1v) is 33.6. The maximum atomic E-state index is 13.0. The number of phosphoric ester groups is 1. The maximum absolute atomic E-state index is 13.0. The molecule has 0 aliphatic rings. The van der Waals surface area contributed by atoms with Crippen molar-refractivity contribution in [2.45, 2.75) is 290 Å². The third kappa shape index (κ3) is 59.0. The van der Waals surface area contributed by atoms with E-state index >= 15 is 0 Å². The van der Waals surface area contributed by atoms with Crippen LogP contribution in [0.25, 0.3) is 0 Å². The highest BCUT2D eigenvalue weighted by atomic mass is 31.2. The smallest absolute Gasteiger partial charge is 0.462 e. The van der Waals surface area contributed by atoms with Crippen LogP contribution in [0.2, 0.25) is 0 Å². The van der Waals surface area contributed by atoms with Gasteiger partial charge in [0.05, 0.1) is 19.8 Å². The first-order chi connectivity index (χ1) is 39.2. The molecule has 0 aromatic rings. The summed E-state index contributed by atoms with van der Waals surface area (Å²) in [6.45, 7) is 4.42. The predicted molar refractivity (Wildman–Crippen MR) is 334 cm³/mol. The second-order valence-corrected chi connectivity index (χ2v) is 22.6. The van der Waals surface area contributed by atoms with E-state index in [4.69, 9.17) is 23.3 Å². The van der Waals surface area contributed by atoms with Gasteiger partial charge in [-0.05, 0) is 96.3 Å². The van der Waals surface area contributed by atoms with E-state index in [9.17, 15) is 28.9 Å². The molecule has 0 bridgehead atoms. The molecule has 0 amide bonds. The van der Waals surface area contributed by atoms with Crippen LogP contribution >= 0.6 is 7.82 Å². The van der Waals surface area contributed by atoms with E-state index in [-0.39, 0.29) is 25.9 Å². The first kappa shape index (κ1) is 76.4. The van der Waals surface area contributed by atoms with Crippen molar-refractivity contribution in [2.75, 3.05) is 26.4 Å². The van der Waals surface area contributed by atoms with Gasteiger partial charge >= 0.3 is 25.7 Å². The van der Waals surface area contributed by atoms with E-state index in [0.717, 1.165) is 148 Å². The number of aliphatic hydroxyl groups is 1. The average molecular weight is 1140 g/mol. The molecule has 0 heterocycles. The molecule has 0 spiro atoms. The van der Waals surface area contributed by atoms with Crippen molar-refractivity contribution in [3.05, 3.63) is 97.2 Å². The van der Waals surface area contributed by atoms with Gasteiger partial charge in [0, 0.05) is 19.3 Å². The number of unbranched alkanes of at least 4 members (excludes halogenated alkanes) is 26. The summed E-state index contributed by atoms with van der Waals surface area (Å²) in [7, 11) is -4.77. The van der Waals surface area contributed by atoms with Crippen molar-refractivity contribution >= 4 is 25.7 Å². The Morgan fingerprint density at radius 1 is 0.362 bits per heavy atom. The number of hydrogen-bond acceptors (Lipinski definition) is 10. The molecule has 3 unspecified atom stereocenters. The standard InChI is InChI=1S/C68H117O11P/c1-4-7-10-13-16-19-22-25-28-30-32-34-37-40-43-46-49-52-55-58-67(71)78-64(60-69)62-76-80(73,74)77-63-65(61-75-66(70)57-54-51-48-45-42-39-36-27-24-21-18-15-12-9-6-3)79-68(72)59-56-53-50-47-44-41-38-35-33-31-29-26-23-20-17-14-11-8-5-2/h7-8,10-11,16-17,19-20,25-26,28-29,32-35,64-65,69H,4-6,9,12-15,18,21-24,27,30-31,36-63H2,1-3H3,(H,73,74)/b10-7-,11-8-,19-16-,20-17-,28-25-,29-26-,34-32-,35-33-. The molecule has 0 saturated heterocycles. The zero-order valence-electron chi connectivity index (χ0n) is 51.0. The van der Waals surface area contributed by atoms with Gasteiger partial charge in [-0.25, -0.2) is 4.57 Å². The second-order valence-electron chi connectivity index (χ2n) is 21.2. The molecular weight excluding hydrogens is 1020 g/mol. The van der Waals surface area contributed by atoms with Crippen molar-refractivity contribution in [3.63, 3.8) is 0 Å². The van der Waals surface area contributed by atoms with Crippen LogP contribution in [0.1, 0.15) is 278 Å². The fraction of sp³-hybridized carbons (Fsp3) is 0.721. The number of carbonyl (C=O) groups is 3. The van der Waals surface area contributed by atoms with Gasteiger partial charge in [0.2, 0.25) is 0 Å². The summed E-state index contributed by atoms with van der Waals surface area (Å²) < 4.78 is 39.7. The van der Waals surface area contributed by atoms with Crippen LogP contribution < -0.4 is 0 Å². The van der Waals surface area contributed by atoms with Crippen LogP contribution in [-0.2, 0) is 42.2 Å². The van der Waals surface area contributed by atoms with Crippen LogP contribution in [0, 0.1) is 0 Å².